The van der Waals surface area contributed by atoms with Crippen LogP contribution in [-0.4, -0.2) is 36.1 Å². The number of phenolic OH excluding ortho intramolecular Hbond substituents is 1. The van der Waals surface area contributed by atoms with E-state index in [4.69, 9.17) is 16.3 Å². The van der Waals surface area contributed by atoms with E-state index in [0.717, 1.165) is 5.33 Å². The van der Waals surface area contributed by atoms with E-state index in [2.05, 4.69) is 21.2 Å². The highest BCUT2D eigenvalue weighted by Gasteiger charge is 2.10. The van der Waals surface area contributed by atoms with Crippen molar-refractivity contribution in [2.75, 3.05) is 25.1 Å². The number of hydrogen-bond donors (Lipinski definition) is 2. The van der Waals surface area contributed by atoms with Gasteiger partial charge in [0.05, 0.1) is 18.8 Å². The highest BCUT2D eigenvalue weighted by Crippen LogP contribution is 2.20. The molecule has 1 rings (SSSR count). The first-order valence-electron chi connectivity index (χ1n) is 5.05. The van der Waals surface area contributed by atoms with E-state index in [1.165, 1.54) is 18.2 Å². The van der Waals surface area contributed by atoms with Crippen molar-refractivity contribution in [3.8, 4) is 5.75 Å². The first-order chi connectivity index (χ1) is 8.15. The van der Waals surface area contributed by atoms with Gasteiger partial charge in [-0.2, -0.15) is 0 Å². The molecule has 0 bridgehead atoms. The van der Waals surface area contributed by atoms with Crippen molar-refractivity contribution in [1.82, 2.24) is 5.32 Å². The number of carbonyl (C=O) groups excluding carboxylic acids is 1. The Kier molecular flexibility index (Phi) is 6.32. The largest absolute Gasteiger partial charge is 0.507 e. The Hall–Kier alpha value is -0.780. The lowest BCUT2D eigenvalue weighted by Crippen LogP contribution is -2.27. The molecule has 1 aromatic carbocycles. The Balaban J connectivity index is 2.44. The third kappa shape index (κ3) is 4.93. The average Bonchev–Trinajstić information content (AvgIpc) is 2.32. The first-order valence-corrected chi connectivity index (χ1v) is 6.55. The van der Waals surface area contributed by atoms with Crippen LogP contribution in [0.2, 0.25) is 5.02 Å². The second-order valence-corrected chi connectivity index (χ2v) is 4.45. The number of phenols is 1. The summed E-state index contributed by atoms with van der Waals surface area (Å²) >= 11 is 8.97. The molecular formula is C11H13BrClNO3. The molecule has 1 amide bonds. The fraction of sp³-hybridized carbons (Fsp3) is 0.364. The molecule has 0 aliphatic carbocycles. The van der Waals surface area contributed by atoms with E-state index in [-0.39, 0.29) is 17.2 Å². The summed E-state index contributed by atoms with van der Waals surface area (Å²) in [5.41, 5.74) is 0.165. The van der Waals surface area contributed by atoms with Crippen LogP contribution in [0.4, 0.5) is 0 Å². The molecule has 6 heteroatoms. The smallest absolute Gasteiger partial charge is 0.255 e. The fourth-order valence-electron chi connectivity index (χ4n) is 1.18. The molecule has 0 aliphatic heterocycles. The molecule has 0 aromatic heterocycles. The van der Waals surface area contributed by atoms with E-state index in [1.807, 2.05) is 0 Å². The standard InChI is InChI=1S/C11H13BrClNO3/c12-3-5-17-6-4-14-11(16)9-7-8(13)1-2-10(9)15/h1-2,7,15H,3-6H2,(H,14,16). The Morgan fingerprint density at radius 2 is 2.24 bits per heavy atom. The van der Waals surface area contributed by atoms with Gasteiger partial charge in [-0.3, -0.25) is 4.79 Å². The summed E-state index contributed by atoms with van der Waals surface area (Å²) in [7, 11) is 0. The van der Waals surface area contributed by atoms with Crippen LogP contribution in [0.5, 0.6) is 5.75 Å². The third-order valence-electron chi connectivity index (χ3n) is 1.96. The number of aromatic hydroxyl groups is 1. The number of carbonyl (C=O) groups is 1. The molecule has 17 heavy (non-hydrogen) atoms. The first kappa shape index (κ1) is 14.3. The number of alkyl halides is 1. The minimum absolute atomic E-state index is 0.0896. The molecule has 0 heterocycles. The van der Waals surface area contributed by atoms with Gasteiger partial charge in [-0.15, -0.1) is 0 Å². The fourth-order valence-corrected chi connectivity index (χ4v) is 1.58. The molecule has 2 N–H and O–H groups in total. The van der Waals surface area contributed by atoms with Gasteiger partial charge in [0.1, 0.15) is 5.75 Å². The number of rotatable bonds is 6. The van der Waals surface area contributed by atoms with Crippen molar-refractivity contribution in [2.45, 2.75) is 0 Å². The third-order valence-corrected chi connectivity index (χ3v) is 2.52. The summed E-state index contributed by atoms with van der Waals surface area (Å²) in [6.45, 7) is 1.41. The van der Waals surface area contributed by atoms with Crippen LogP contribution >= 0.6 is 27.5 Å². The molecule has 1 aromatic rings. The molecule has 0 aliphatic rings. The number of benzene rings is 1. The lowest BCUT2D eigenvalue weighted by atomic mass is 10.2. The summed E-state index contributed by atoms with van der Waals surface area (Å²) in [6, 6.07) is 4.33. The maximum absolute atomic E-state index is 11.7. The highest BCUT2D eigenvalue weighted by molar-refractivity contribution is 9.09. The van der Waals surface area contributed by atoms with Crippen molar-refractivity contribution in [2.24, 2.45) is 0 Å². The van der Waals surface area contributed by atoms with Gasteiger partial charge in [0, 0.05) is 16.9 Å². The minimum Gasteiger partial charge on any atom is -0.507 e. The van der Waals surface area contributed by atoms with Crippen LogP contribution in [0.1, 0.15) is 10.4 Å². The van der Waals surface area contributed by atoms with Crippen molar-refractivity contribution >= 4 is 33.4 Å². The number of halogens is 2. The van der Waals surface area contributed by atoms with Gasteiger partial charge >= 0.3 is 0 Å². The average molecular weight is 323 g/mol. The highest BCUT2D eigenvalue weighted by atomic mass is 79.9. The van der Waals surface area contributed by atoms with Gasteiger partial charge in [0.2, 0.25) is 0 Å². The Labute approximate surface area is 113 Å². The summed E-state index contributed by atoms with van der Waals surface area (Å²) in [5, 5.41) is 13.3. The lowest BCUT2D eigenvalue weighted by molar-refractivity contribution is 0.0921. The summed E-state index contributed by atoms with van der Waals surface area (Å²) in [6.07, 6.45) is 0. The quantitative estimate of drug-likeness (QED) is 0.623. The minimum atomic E-state index is -0.368. The molecule has 0 saturated heterocycles. The number of nitrogens with one attached hydrogen (secondary N) is 1. The molecule has 0 saturated carbocycles. The van der Waals surface area contributed by atoms with E-state index in [1.54, 1.807) is 0 Å². The Bertz CT molecular complexity index is 387. The topological polar surface area (TPSA) is 58.6 Å². The van der Waals surface area contributed by atoms with Gasteiger partial charge in [-0.05, 0) is 18.2 Å². The second kappa shape index (κ2) is 7.53. The van der Waals surface area contributed by atoms with E-state index in [9.17, 15) is 9.90 Å². The van der Waals surface area contributed by atoms with Gasteiger partial charge < -0.3 is 15.2 Å². The van der Waals surface area contributed by atoms with Crippen LogP contribution in [0.25, 0.3) is 0 Å². The van der Waals surface area contributed by atoms with Crippen molar-refractivity contribution in [3.63, 3.8) is 0 Å². The zero-order valence-corrected chi connectivity index (χ0v) is 11.4. The van der Waals surface area contributed by atoms with Gasteiger partial charge in [0.25, 0.3) is 5.91 Å². The predicted octanol–water partition coefficient (Wildman–Crippen LogP) is 2.19. The van der Waals surface area contributed by atoms with Crippen molar-refractivity contribution in [3.05, 3.63) is 28.8 Å². The van der Waals surface area contributed by atoms with E-state index < -0.39 is 0 Å². The summed E-state index contributed by atoms with van der Waals surface area (Å²) in [5.74, 6) is -0.458. The normalized spacial score (nSPS) is 10.2. The van der Waals surface area contributed by atoms with E-state index >= 15 is 0 Å². The van der Waals surface area contributed by atoms with Crippen LogP contribution in [0.15, 0.2) is 18.2 Å². The SMILES string of the molecule is O=C(NCCOCCBr)c1cc(Cl)ccc1O. The maximum atomic E-state index is 11.7. The van der Waals surface area contributed by atoms with Gasteiger partial charge in [-0.25, -0.2) is 0 Å². The van der Waals surface area contributed by atoms with Gasteiger partial charge in [0.15, 0.2) is 0 Å². The second-order valence-electron chi connectivity index (χ2n) is 3.22. The molecular weight excluding hydrogens is 309 g/mol. The molecule has 0 fully saturated rings. The van der Waals surface area contributed by atoms with Gasteiger partial charge in [-0.1, -0.05) is 27.5 Å². The molecule has 0 atom stereocenters. The molecule has 0 unspecified atom stereocenters. The number of amides is 1. The zero-order chi connectivity index (χ0) is 12.7. The molecule has 94 valence electrons. The number of ether oxygens (including phenoxy) is 1. The lowest BCUT2D eigenvalue weighted by Gasteiger charge is -2.07. The predicted molar refractivity (Wildman–Crippen MR) is 70.1 cm³/mol. The van der Waals surface area contributed by atoms with Crippen molar-refractivity contribution < 1.29 is 14.6 Å². The Morgan fingerprint density at radius 3 is 2.94 bits per heavy atom. The zero-order valence-electron chi connectivity index (χ0n) is 9.08. The van der Waals surface area contributed by atoms with Crippen LogP contribution in [0, 0.1) is 0 Å². The van der Waals surface area contributed by atoms with E-state index in [0.29, 0.717) is 24.8 Å². The summed E-state index contributed by atoms with van der Waals surface area (Å²) in [4.78, 5) is 11.7. The molecule has 0 radical (unpaired) electrons. The molecule has 0 spiro atoms. The monoisotopic (exact) mass is 321 g/mol. The molecule has 4 nitrogen and oxygen atoms in total. The maximum Gasteiger partial charge on any atom is 0.255 e. The van der Waals surface area contributed by atoms with Crippen LogP contribution in [-0.2, 0) is 4.74 Å². The summed E-state index contributed by atoms with van der Waals surface area (Å²) < 4.78 is 5.17. The van der Waals surface area contributed by atoms with Crippen LogP contribution in [0.3, 0.4) is 0 Å². The Morgan fingerprint density at radius 1 is 1.47 bits per heavy atom. The van der Waals surface area contributed by atoms with Crippen LogP contribution < -0.4 is 5.32 Å². The number of hydrogen-bond acceptors (Lipinski definition) is 3. The van der Waals surface area contributed by atoms with Crippen molar-refractivity contribution in [1.29, 1.82) is 0 Å².